The number of carbonyl (C=O) groups is 1. The van der Waals surface area contributed by atoms with E-state index in [0.717, 1.165) is 5.56 Å². The van der Waals surface area contributed by atoms with Crippen LogP contribution in [-0.4, -0.2) is 13.0 Å². The number of benzene rings is 3. The van der Waals surface area contributed by atoms with E-state index in [1.54, 1.807) is 43.5 Å². The van der Waals surface area contributed by atoms with Crippen molar-refractivity contribution in [2.45, 2.75) is 0 Å². The number of hydrogen-bond donors (Lipinski definition) is 1. The molecule has 0 spiro atoms. The van der Waals surface area contributed by atoms with Crippen LogP contribution in [0.15, 0.2) is 88.1 Å². The van der Waals surface area contributed by atoms with Gasteiger partial charge in [0.1, 0.15) is 5.75 Å². The van der Waals surface area contributed by atoms with Gasteiger partial charge < -0.3 is 14.5 Å². The maximum Gasteiger partial charge on any atom is 0.344 e. The van der Waals surface area contributed by atoms with Crippen molar-refractivity contribution in [3.8, 4) is 16.9 Å². The molecule has 138 valence electrons. The number of rotatable bonds is 4. The number of hydrogen-bond acceptors (Lipinski definition) is 4. The van der Waals surface area contributed by atoms with Crippen LogP contribution in [-0.2, 0) is 0 Å². The number of methoxy groups -OCH3 is 1. The van der Waals surface area contributed by atoms with E-state index in [4.69, 9.17) is 9.15 Å². The number of anilines is 1. The Balaban J connectivity index is 1.85. The van der Waals surface area contributed by atoms with Gasteiger partial charge in [0.05, 0.1) is 12.5 Å². The van der Waals surface area contributed by atoms with Gasteiger partial charge in [-0.3, -0.25) is 4.79 Å². The van der Waals surface area contributed by atoms with Crippen LogP contribution in [0.3, 0.4) is 0 Å². The molecule has 0 aliphatic heterocycles. The molecule has 4 rings (SSSR count). The van der Waals surface area contributed by atoms with Crippen LogP contribution in [0.4, 0.5) is 5.69 Å². The van der Waals surface area contributed by atoms with Gasteiger partial charge in [0.25, 0.3) is 5.91 Å². The Labute approximate surface area is 161 Å². The monoisotopic (exact) mass is 371 g/mol. The summed E-state index contributed by atoms with van der Waals surface area (Å²) in [5, 5.41) is 3.89. The van der Waals surface area contributed by atoms with Crippen LogP contribution in [0.5, 0.6) is 5.75 Å². The summed E-state index contributed by atoms with van der Waals surface area (Å²) < 4.78 is 10.6. The molecule has 0 aliphatic rings. The highest BCUT2D eigenvalue weighted by atomic mass is 16.5. The summed E-state index contributed by atoms with van der Waals surface area (Å²) in [6.45, 7) is 0. The van der Waals surface area contributed by atoms with Crippen molar-refractivity contribution >= 4 is 22.4 Å². The minimum Gasteiger partial charge on any atom is -0.497 e. The fraction of sp³-hybridized carbons (Fsp3) is 0.0435. The normalized spacial score (nSPS) is 10.6. The van der Waals surface area contributed by atoms with Gasteiger partial charge >= 0.3 is 5.63 Å². The third-order valence-electron chi connectivity index (χ3n) is 4.45. The Kier molecular flexibility index (Phi) is 4.64. The van der Waals surface area contributed by atoms with Crippen LogP contribution in [0.2, 0.25) is 0 Å². The predicted octanol–water partition coefficient (Wildman–Crippen LogP) is 4.72. The highest BCUT2D eigenvalue weighted by molar-refractivity contribution is 6.11. The Morgan fingerprint density at radius 1 is 0.857 bits per heavy atom. The summed E-state index contributed by atoms with van der Waals surface area (Å²) in [6, 6.07) is 23.4. The lowest BCUT2D eigenvalue weighted by Gasteiger charge is -2.12. The van der Waals surface area contributed by atoms with Crippen molar-refractivity contribution in [3.05, 3.63) is 95.0 Å². The van der Waals surface area contributed by atoms with E-state index in [2.05, 4.69) is 5.32 Å². The van der Waals surface area contributed by atoms with E-state index < -0.39 is 11.5 Å². The SMILES string of the molecule is COc1ccc(NC(=O)c2oc(=O)c3ccccc3c2-c2ccccc2)cc1. The average Bonchev–Trinajstić information content (AvgIpc) is 2.75. The first-order chi connectivity index (χ1) is 13.7. The highest BCUT2D eigenvalue weighted by Crippen LogP contribution is 2.31. The van der Waals surface area contributed by atoms with E-state index in [1.807, 2.05) is 42.5 Å². The van der Waals surface area contributed by atoms with Crippen molar-refractivity contribution in [2.24, 2.45) is 0 Å². The van der Waals surface area contributed by atoms with E-state index in [1.165, 1.54) is 0 Å². The van der Waals surface area contributed by atoms with E-state index in [9.17, 15) is 9.59 Å². The summed E-state index contributed by atoms with van der Waals surface area (Å²) in [6.07, 6.45) is 0. The molecule has 0 saturated carbocycles. The van der Waals surface area contributed by atoms with E-state index in [0.29, 0.717) is 27.8 Å². The van der Waals surface area contributed by atoms with Gasteiger partial charge in [-0.15, -0.1) is 0 Å². The lowest BCUT2D eigenvalue weighted by molar-refractivity contribution is 0.0994. The van der Waals surface area contributed by atoms with Crippen molar-refractivity contribution in [1.82, 2.24) is 0 Å². The number of nitrogens with one attached hydrogen (secondary N) is 1. The molecule has 0 bridgehead atoms. The second kappa shape index (κ2) is 7.40. The molecular weight excluding hydrogens is 354 g/mol. The molecule has 3 aromatic carbocycles. The third-order valence-corrected chi connectivity index (χ3v) is 4.45. The van der Waals surface area contributed by atoms with Gasteiger partial charge in [-0.05, 0) is 35.9 Å². The number of amides is 1. The topological polar surface area (TPSA) is 68.5 Å². The molecule has 0 atom stereocenters. The molecule has 4 aromatic rings. The van der Waals surface area contributed by atoms with Crippen LogP contribution < -0.4 is 15.7 Å². The number of ether oxygens (including phenoxy) is 1. The molecule has 0 unspecified atom stereocenters. The number of fused-ring (bicyclic) bond motifs is 1. The summed E-state index contributed by atoms with van der Waals surface area (Å²) in [4.78, 5) is 25.4. The molecule has 0 radical (unpaired) electrons. The first kappa shape index (κ1) is 17.5. The van der Waals surface area contributed by atoms with Gasteiger partial charge in [-0.2, -0.15) is 0 Å². The van der Waals surface area contributed by atoms with Crippen LogP contribution >= 0.6 is 0 Å². The number of carbonyl (C=O) groups excluding carboxylic acids is 1. The van der Waals surface area contributed by atoms with E-state index in [-0.39, 0.29) is 5.76 Å². The molecule has 1 N–H and O–H groups in total. The minimum absolute atomic E-state index is 0.0225. The molecule has 0 aliphatic carbocycles. The molecule has 1 heterocycles. The quantitative estimate of drug-likeness (QED) is 0.563. The largest absolute Gasteiger partial charge is 0.497 e. The molecule has 28 heavy (non-hydrogen) atoms. The maximum atomic E-state index is 13.0. The van der Waals surface area contributed by atoms with Crippen LogP contribution in [0.25, 0.3) is 21.9 Å². The molecule has 5 nitrogen and oxygen atoms in total. The van der Waals surface area contributed by atoms with Crippen LogP contribution in [0, 0.1) is 0 Å². The second-order valence-electron chi connectivity index (χ2n) is 6.19. The fourth-order valence-electron chi connectivity index (χ4n) is 3.11. The smallest absolute Gasteiger partial charge is 0.344 e. The average molecular weight is 371 g/mol. The summed E-state index contributed by atoms with van der Waals surface area (Å²) in [5.74, 6) is 0.165. The fourth-order valence-corrected chi connectivity index (χ4v) is 3.11. The van der Waals surface area contributed by atoms with Crippen molar-refractivity contribution in [3.63, 3.8) is 0 Å². The van der Waals surface area contributed by atoms with E-state index >= 15 is 0 Å². The first-order valence-electron chi connectivity index (χ1n) is 8.74. The Morgan fingerprint density at radius 2 is 1.50 bits per heavy atom. The zero-order chi connectivity index (χ0) is 19.5. The van der Waals surface area contributed by atoms with Crippen LogP contribution in [0.1, 0.15) is 10.6 Å². The standard InChI is InChI=1S/C23H17NO4/c1-27-17-13-11-16(12-14-17)24-22(25)21-20(15-7-3-2-4-8-15)18-9-5-6-10-19(18)23(26)28-21/h2-14H,1H3,(H,24,25). The van der Waals surface area contributed by atoms with Gasteiger partial charge in [0.15, 0.2) is 0 Å². The second-order valence-corrected chi connectivity index (χ2v) is 6.19. The molecule has 0 saturated heterocycles. The molecule has 1 amide bonds. The summed E-state index contributed by atoms with van der Waals surface area (Å²) in [5.41, 5.74) is 1.40. The lowest BCUT2D eigenvalue weighted by Crippen LogP contribution is -2.16. The Morgan fingerprint density at radius 3 is 2.18 bits per heavy atom. The maximum absolute atomic E-state index is 13.0. The summed E-state index contributed by atoms with van der Waals surface area (Å²) in [7, 11) is 1.57. The minimum atomic E-state index is -0.546. The summed E-state index contributed by atoms with van der Waals surface area (Å²) >= 11 is 0. The molecule has 0 fully saturated rings. The molecule has 1 aromatic heterocycles. The van der Waals surface area contributed by atoms with Crippen molar-refractivity contribution in [2.75, 3.05) is 12.4 Å². The Bertz CT molecular complexity index is 1190. The third kappa shape index (κ3) is 3.25. The van der Waals surface area contributed by atoms with Crippen molar-refractivity contribution < 1.29 is 13.9 Å². The zero-order valence-corrected chi connectivity index (χ0v) is 15.1. The molecular formula is C23H17NO4. The molecule has 5 heteroatoms. The predicted molar refractivity (Wildman–Crippen MR) is 109 cm³/mol. The zero-order valence-electron chi connectivity index (χ0n) is 15.1. The van der Waals surface area contributed by atoms with Gasteiger partial charge in [0, 0.05) is 16.6 Å². The van der Waals surface area contributed by atoms with Gasteiger partial charge in [-0.25, -0.2) is 4.79 Å². The van der Waals surface area contributed by atoms with Gasteiger partial charge in [-0.1, -0.05) is 48.5 Å². The lowest BCUT2D eigenvalue weighted by atomic mass is 9.98. The Hall–Kier alpha value is -3.86. The van der Waals surface area contributed by atoms with Crippen molar-refractivity contribution in [1.29, 1.82) is 0 Å². The van der Waals surface area contributed by atoms with Gasteiger partial charge in [0.2, 0.25) is 5.76 Å². The first-order valence-corrected chi connectivity index (χ1v) is 8.74. The highest BCUT2D eigenvalue weighted by Gasteiger charge is 2.21.